The number of amides is 1. The second kappa shape index (κ2) is 5.68. The third-order valence-corrected chi connectivity index (χ3v) is 4.73. The molecule has 0 aliphatic carbocycles. The van der Waals surface area contributed by atoms with Crippen molar-refractivity contribution in [1.29, 1.82) is 0 Å². The van der Waals surface area contributed by atoms with E-state index in [1.165, 1.54) is 11.3 Å². The summed E-state index contributed by atoms with van der Waals surface area (Å²) in [7, 11) is 0. The Labute approximate surface area is 140 Å². The molecule has 2 aromatic heterocycles. The van der Waals surface area contributed by atoms with Gasteiger partial charge in [-0.1, -0.05) is 28.9 Å². The van der Waals surface area contributed by atoms with Crippen LogP contribution in [-0.2, 0) is 9.63 Å². The van der Waals surface area contributed by atoms with E-state index in [0.717, 1.165) is 21.6 Å². The van der Waals surface area contributed by atoms with Gasteiger partial charge in [-0.2, -0.15) is 0 Å². The van der Waals surface area contributed by atoms with Gasteiger partial charge in [0, 0.05) is 6.42 Å². The molecule has 0 saturated carbocycles. The fraction of sp³-hybridized carbons (Fsp3) is 0.133. The summed E-state index contributed by atoms with van der Waals surface area (Å²) in [6.45, 7) is 0. The minimum absolute atomic E-state index is 0.287. The summed E-state index contributed by atoms with van der Waals surface area (Å²) in [4.78, 5) is 25.8. The highest BCUT2D eigenvalue weighted by Crippen LogP contribution is 2.26. The third-order valence-electron chi connectivity index (χ3n) is 3.45. The minimum atomic E-state index is -0.668. The van der Waals surface area contributed by atoms with Crippen LogP contribution in [0.3, 0.4) is 0 Å². The lowest BCUT2D eigenvalue weighted by Gasteiger charge is -2.06. The summed E-state index contributed by atoms with van der Waals surface area (Å²) in [5.41, 5.74) is 2.38. The van der Waals surface area contributed by atoms with Gasteiger partial charge in [0.15, 0.2) is 0 Å². The highest BCUT2D eigenvalue weighted by molar-refractivity contribution is 7.18. The number of fused-ring (bicyclic) bond motifs is 1. The van der Waals surface area contributed by atoms with Crippen molar-refractivity contribution in [1.82, 2.24) is 9.97 Å². The standard InChI is InChI=1S/C15H11ClN4O2S/c16-13-6-5-12(23-13)10-7-11(22-20-10)14(21)19-15-17-8-3-1-2-4-9(8)18-15/h1-6,11H,7H2,(H2,17,18,19,21)/t11-/m1/s1. The molecule has 2 N–H and O–H groups in total. The molecule has 3 heterocycles. The van der Waals surface area contributed by atoms with Crippen LogP contribution < -0.4 is 5.32 Å². The number of rotatable bonds is 3. The van der Waals surface area contributed by atoms with Crippen LogP contribution in [0.5, 0.6) is 0 Å². The number of thiophene rings is 1. The van der Waals surface area contributed by atoms with Gasteiger partial charge >= 0.3 is 0 Å². The Morgan fingerprint density at radius 1 is 1.35 bits per heavy atom. The minimum Gasteiger partial charge on any atom is -0.382 e. The van der Waals surface area contributed by atoms with E-state index in [0.29, 0.717) is 16.7 Å². The molecule has 23 heavy (non-hydrogen) atoms. The van der Waals surface area contributed by atoms with E-state index in [2.05, 4.69) is 20.4 Å². The monoisotopic (exact) mass is 346 g/mol. The van der Waals surface area contributed by atoms with Crippen molar-refractivity contribution in [2.24, 2.45) is 5.16 Å². The first kappa shape index (κ1) is 14.2. The molecule has 1 aliphatic heterocycles. The molecule has 3 aromatic rings. The normalized spacial score (nSPS) is 17.1. The number of benzene rings is 1. The predicted octanol–water partition coefficient (Wildman–Crippen LogP) is 3.41. The van der Waals surface area contributed by atoms with Crippen molar-refractivity contribution in [2.75, 3.05) is 5.32 Å². The average Bonchev–Trinajstić information content (AvgIpc) is 3.24. The number of imidazole rings is 1. The highest BCUT2D eigenvalue weighted by atomic mass is 35.5. The largest absolute Gasteiger partial charge is 0.382 e. The Morgan fingerprint density at radius 3 is 3.00 bits per heavy atom. The summed E-state index contributed by atoms with van der Waals surface area (Å²) in [6.07, 6.45) is -0.262. The molecule has 1 aliphatic rings. The van der Waals surface area contributed by atoms with Crippen molar-refractivity contribution in [3.63, 3.8) is 0 Å². The van der Waals surface area contributed by atoms with E-state index in [4.69, 9.17) is 16.4 Å². The van der Waals surface area contributed by atoms with Gasteiger partial charge in [-0.3, -0.25) is 10.1 Å². The smallest absolute Gasteiger partial charge is 0.271 e. The van der Waals surface area contributed by atoms with Gasteiger partial charge in [0.05, 0.1) is 20.2 Å². The molecule has 0 spiro atoms. The maximum Gasteiger partial charge on any atom is 0.271 e. The molecule has 1 atom stereocenters. The molecular formula is C15H11ClN4O2S. The lowest BCUT2D eigenvalue weighted by molar-refractivity contribution is -0.125. The van der Waals surface area contributed by atoms with E-state index >= 15 is 0 Å². The molecule has 0 unspecified atom stereocenters. The summed E-state index contributed by atoms with van der Waals surface area (Å²) >= 11 is 7.32. The van der Waals surface area contributed by atoms with Gasteiger partial charge in [-0.05, 0) is 24.3 Å². The summed E-state index contributed by atoms with van der Waals surface area (Å²) in [5, 5.41) is 6.71. The van der Waals surface area contributed by atoms with Gasteiger partial charge < -0.3 is 9.82 Å². The number of halogens is 1. The summed E-state index contributed by atoms with van der Waals surface area (Å²) in [6, 6.07) is 11.2. The second-order valence-electron chi connectivity index (χ2n) is 5.03. The SMILES string of the molecule is O=C(Nc1nc2ccccc2[nH]1)[C@H]1CC(c2ccc(Cl)s2)=NO1. The van der Waals surface area contributed by atoms with E-state index in [1.54, 1.807) is 6.07 Å². The predicted molar refractivity (Wildman–Crippen MR) is 90.1 cm³/mol. The molecule has 6 nitrogen and oxygen atoms in total. The number of aromatic nitrogens is 2. The van der Waals surface area contributed by atoms with Crippen molar-refractivity contribution in [2.45, 2.75) is 12.5 Å². The maximum absolute atomic E-state index is 12.3. The number of carbonyl (C=O) groups excluding carboxylic acids is 1. The summed E-state index contributed by atoms with van der Waals surface area (Å²) in [5.74, 6) is 0.109. The molecule has 0 radical (unpaired) electrons. The van der Waals surface area contributed by atoms with Gasteiger partial charge in [-0.25, -0.2) is 4.98 Å². The number of oxime groups is 1. The molecule has 8 heteroatoms. The lowest BCUT2D eigenvalue weighted by atomic mass is 10.1. The fourth-order valence-corrected chi connectivity index (χ4v) is 3.38. The van der Waals surface area contributed by atoms with Crippen LogP contribution in [0.2, 0.25) is 4.34 Å². The van der Waals surface area contributed by atoms with E-state index in [9.17, 15) is 4.79 Å². The van der Waals surface area contributed by atoms with Gasteiger partial charge in [-0.15, -0.1) is 11.3 Å². The molecule has 4 rings (SSSR count). The van der Waals surface area contributed by atoms with Crippen LogP contribution in [0.1, 0.15) is 11.3 Å². The second-order valence-corrected chi connectivity index (χ2v) is 6.75. The fourth-order valence-electron chi connectivity index (χ4n) is 2.34. The Balaban J connectivity index is 1.44. The van der Waals surface area contributed by atoms with Crippen LogP contribution in [0.15, 0.2) is 41.6 Å². The topological polar surface area (TPSA) is 79.4 Å². The molecular weight excluding hydrogens is 336 g/mol. The molecule has 1 aromatic carbocycles. The molecule has 1 amide bonds. The van der Waals surface area contributed by atoms with E-state index in [-0.39, 0.29) is 5.91 Å². The van der Waals surface area contributed by atoms with Gasteiger partial charge in [0.1, 0.15) is 5.71 Å². The average molecular weight is 347 g/mol. The Kier molecular flexibility index (Phi) is 3.51. The first-order valence-electron chi connectivity index (χ1n) is 6.93. The first-order valence-corrected chi connectivity index (χ1v) is 8.12. The molecule has 0 fully saturated rings. The quantitative estimate of drug-likeness (QED) is 0.762. The number of aromatic amines is 1. The third kappa shape index (κ3) is 2.80. The number of H-pyrrole nitrogens is 1. The van der Waals surface area contributed by atoms with Gasteiger partial charge in [0.2, 0.25) is 12.1 Å². The molecule has 116 valence electrons. The number of hydrogen-bond donors (Lipinski definition) is 2. The van der Waals surface area contributed by atoms with Crippen molar-refractivity contribution >= 4 is 51.5 Å². The number of carbonyl (C=O) groups is 1. The van der Waals surface area contributed by atoms with Crippen LogP contribution >= 0.6 is 22.9 Å². The zero-order valence-electron chi connectivity index (χ0n) is 11.7. The number of anilines is 1. The summed E-state index contributed by atoms with van der Waals surface area (Å²) < 4.78 is 0.679. The van der Waals surface area contributed by atoms with E-state index < -0.39 is 6.10 Å². The number of para-hydroxylation sites is 2. The first-order chi connectivity index (χ1) is 11.2. The Bertz CT molecular complexity index is 884. The highest BCUT2D eigenvalue weighted by Gasteiger charge is 2.30. The molecule has 0 saturated heterocycles. The van der Waals surface area contributed by atoms with Gasteiger partial charge in [0.25, 0.3) is 5.91 Å². The van der Waals surface area contributed by atoms with Crippen LogP contribution in [0, 0.1) is 0 Å². The van der Waals surface area contributed by atoms with Crippen LogP contribution in [0.4, 0.5) is 5.95 Å². The zero-order chi connectivity index (χ0) is 15.8. The number of nitrogens with one attached hydrogen (secondary N) is 2. The Morgan fingerprint density at radius 2 is 2.22 bits per heavy atom. The van der Waals surface area contributed by atoms with Crippen molar-refractivity contribution < 1.29 is 9.63 Å². The maximum atomic E-state index is 12.3. The van der Waals surface area contributed by atoms with E-state index in [1.807, 2.05) is 30.3 Å². The van der Waals surface area contributed by atoms with Crippen molar-refractivity contribution in [3.8, 4) is 0 Å². The number of nitrogens with zero attached hydrogens (tertiary/aromatic N) is 2. The lowest BCUT2D eigenvalue weighted by Crippen LogP contribution is -2.28. The van der Waals surface area contributed by atoms with Crippen molar-refractivity contribution in [3.05, 3.63) is 45.6 Å². The van der Waals surface area contributed by atoms with Crippen LogP contribution in [0.25, 0.3) is 11.0 Å². The van der Waals surface area contributed by atoms with Crippen LogP contribution in [-0.4, -0.2) is 27.7 Å². The molecule has 0 bridgehead atoms. The zero-order valence-corrected chi connectivity index (χ0v) is 13.3. The Hall–Kier alpha value is -2.38. The number of hydrogen-bond acceptors (Lipinski definition) is 5.